The van der Waals surface area contributed by atoms with Crippen LogP contribution in [-0.2, 0) is 19.6 Å². The molecular formula is C23H21FN2O5S. The van der Waals surface area contributed by atoms with Crippen LogP contribution in [0.2, 0.25) is 0 Å². The maximum Gasteiger partial charge on any atom is 0.338 e. The number of sulfonamides is 1. The van der Waals surface area contributed by atoms with Crippen LogP contribution in [0.15, 0.2) is 83.8 Å². The second-order valence-electron chi connectivity index (χ2n) is 6.88. The average molecular weight is 456 g/mol. The number of nitrogens with one attached hydrogen (secondary N) is 1. The fourth-order valence-corrected chi connectivity index (χ4v) is 4.05. The molecule has 0 bridgehead atoms. The summed E-state index contributed by atoms with van der Waals surface area (Å²) >= 11 is 0. The summed E-state index contributed by atoms with van der Waals surface area (Å²) < 4.78 is 45.4. The Morgan fingerprint density at radius 1 is 0.969 bits per heavy atom. The topological polar surface area (TPSA) is 92.8 Å². The molecule has 32 heavy (non-hydrogen) atoms. The van der Waals surface area contributed by atoms with Gasteiger partial charge in [0.15, 0.2) is 6.10 Å². The van der Waals surface area contributed by atoms with Gasteiger partial charge in [0.2, 0.25) is 0 Å². The second-order valence-corrected chi connectivity index (χ2v) is 8.85. The fourth-order valence-electron chi connectivity index (χ4n) is 2.81. The minimum Gasteiger partial charge on any atom is -0.449 e. The average Bonchev–Trinajstić information content (AvgIpc) is 2.79. The molecule has 0 spiro atoms. The number of halogens is 1. The van der Waals surface area contributed by atoms with E-state index in [2.05, 4.69) is 5.32 Å². The van der Waals surface area contributed by atoms with Crippen molar-refractivity contribution in [2.45, 2.75) is 17.9 Å². The maximum absolute atomic E-state index is 13.3. The molecule has 3 aromatic carbocycles. The summed E-state index contributed by atoms with van der Waals surface area (Å²) in [4.78, 5) is 24.7. The molecule has 7 nitrogen and oxygen atoms in total. The molecule has 0 heterocycles. The second kappa shape index (κ2) is 9.61. The Morgan fingerprint density at radius 2 is 1.66 bits per heavy atom. The number of hydrogen-bond acceptors (Lipinski definition) is 5. The van der Waals surface area contributed by atoms with E-state index in [-0.39, 0.29) is 16.1 Å². The highest BCUT2D eigenvalue weighted by atomic mass is 32.2. The number of para-hydroxylation sites is 1. The van der Waals surface area contributed by atoms with E-state index in [1.807, 2.05) is 0 Å². The van der Waals surface area contributed by atoms with Gasteiger partial charge in [-0.05, 0) is 55.5 Å². The predicted molar refractivity (Wildman–Crippen MR) is 118 cm³/mol. The first-order valence-corrected chi connectivity index (χ1v) is 11.0. The Kier molecular flexibility index (Phi) is 6.89. The highest BCUT2D eigenvalue weighted by Gasteiger charge is 2.24. The predicted octanol–water partition coefficient (Wildman–Crippen LogP) is 3.83. The fraction of sp³-hybridized carbons (Fsp3) is 0.130. The minimum absolute atomic E-state index is 0.0297. The summed E-state index contributed by atoms with van der Waals surface area (Å²) in [5.74, 6) is -2.05. The van der Waals surface area contributed by atoms with Crippen LogP contribution >= 0.6 is 0 Å². The number of anilines is 2. The highest BCUT2D eigenvalue weighted by Crippen LogP contribution is 2.22. The normalized spacial score (nSPS) is 12.0. The number of nitrogens with zero attached hydrogens (tertiary/aromatic N) is 1. The van der Waals surface area contributed by atoms with Crippen LogP contribution in [0.25, 0.3) is 0 Å². The number of benzene rings is 3. The van der Waals surface area contributed by atoms with E-state index < -0.39 is 33.8 Å². The minimum atomic E-state index is -3.93. The Balaban J connectivity index is 1.72. The first-order valence-electron chi connectivity index (χ1n) is 9.60. The quantitative estimate of drug-likeness (QED) is 0.546. The lowest BCUT2D eigenvalue weighted by Crippen LogP contribution is -2.30. The molecule has 0 fully saturated rings. The van der Waals surface area contributed by atoms with Gasteiger partial charge < -0.3 is 10.1 Å². The van der Waals surface area contributed by atoms with Crippen molar-refractivity contribution in [3.63, 3.8) is 0 Å². The van der Waals surface area contributed by atoms with Crippen molar-refractivity contribution in [3.05, 3.63) is 90.2 Å². The Labute approximate surface area is 185 Å². The number of rotatable bonds is 7. The third-order valence-electron chi connectivity index (χ3n) is 4.59. The number of carbonyl (C=O) groups excluding carboxylic acids is 2. The zero-order chi connectivity index (χ0) is 23.3. The zero-order valence-electron chi connectivity index (χ0n) is 17.4. The molecule has 0 aliphatic carbocycles. The van der Waals surface area contributed by atoms with E-state index in [4.69, 9.17) is 4.74 Å². The lowest BCUT2D eigenvalue weighted by molar-refractivity contribution is -0.123. The molecule has 0 aliphatic heterocycles. The van der Waals surface area contributed by atoms with Crippen molar-refractivity contribution < 1.29 is 27.1 Å². The van der Waals surface area contributed by atoms with Gasteiger partial charge >= 0.3 is 5.97 Å². The van der Waals surface area contributed by atoms with E-state index in [0.717, 1.165) is 10.4 Å². The van der Waals surface area contributed by atoms with Crippen LogP contribution in [0.4, 0.5) is 15.8 Å². The summed E-state index contributed by atoms with van der Waals surface area (Å²) in [5, 5.41) is 2.45. The van der Waals surface area contributed by atoms with Crippen LogP contribution in [-0.4, -0.2) is 33.4 Å². The monoisotopic (exact) mass is 456 g/mol. The lowest BCUT2D eigenvalue weighted by Gasteiger charge is -2.20. The molecule has 0 aliphatic rings. The van der Waals surface area contributed by atoms with Gasteiger partial charge in [-0.25, -0.2) is 17.6 Å². The summed E-state index contributed by atoms with van der Waals surface area (Å²) in [5.41, 5.74) is 0.649. The molecule has 0 saturated carbocycles. The summed E-state index contributed by atoms with van der Waals surface area (Å²) in [6, 6.07) is 19.1. The number of hydrogen-bond donors (Lipinski definition) is 1. The standard InChI is InChI=1S/C23H21FN2O5S/c1-16(22(27)25-19-10-7-9-18(24)15-19)31-23(28)17-8-6-13-21(14-17)32(29,30)26(2)20-11-4-3-5-12-20/h3-16H,1-2H3,(H,25,27). The van der Waals surface area contributed by atoms with Gasteiger partial charge in [0.25, 0.3) is 15.9 Å². The smallest absolute Gasteiger partial charge is 0.338 e. The zero-order valence-corrected chi connectivity index (χ0v) is 18.2. The Morgan fingerprint density at radius 3 is 2.34 bits per heavy atom. The number of amides is 1. The van der Waals surface area contributed by atoms with Crippen LogP contribution in [0, 0.1) is 5.82 Å². The third-order valence-corrected chi connectivity index (χ3v) is 6.37. The first-order chi connectivity index (χ1) is 15.2. The molecule has 3 aromatic rings. The summed E-state index contributed by atoms with van der Waals surface area (Å²) in [7, 11) is -2.52. The van der Waals surface area contributed by atoms with Crippen molar-refractivity contribution in [1.29, 1.82) is 0 Å². The maximum atomic E-state index is 13.3. The number of ether oxygens (including phenoxy) is 1. The molecule has 0 aromatic heterocycles. The van der Waals surface area contributed by atoms with E-state index in [9.17, 15) is 22.4 Å². The first kappa shape index (κ1) is 23.0. The Hall–Kier alpha value is -3.72. The molecule has 1 unspecified atom stereocenters. The molecule has 1 atom stereocenters. The third kappa shape index (κ3) is 5.30. The molecule has 1 N–H and O–H groups in total. The molecular weight excluding hydrogens is 435 g/mol. The van der Waals surface area contributed by atoms with E-state index in [1.165, 1.54) is 56.4 Å². The molecule has 0 saturated heterocycles. The van der Waals surface area contributed by atoms with Gasteiger partial charge in [0.05, 0.1) is 16.1 Å². The van der Waals surface area contributed by atoms with Crippen molar-refractivity contribution in [2.24, 2.45) is 0 Å². The molecule has 9 heteroatoms. The van der Waals surface area contributed by atoms with Gasteiger partial charge in [-0.2, -0.15) is 0 Å². The van der Waals surface area contributed by atoms with Gasteiger partial charge in [-0.3, -0.25) is 9.10 Å². The van der Waals surface area contributed by atoms with Crippen molar-refractivity contribution in [3.8, 4) is 0 Å². The van der Waals surface area contributed by atoms with Gasteiger partial charge in [0, 0.05) is 12.7 Å². The van der Waals surface area contributed by atoms with E-state index >= 15 is 0 Å². The molecule has 1 amide bonds. The van der Waals surface area contributed by atoms with E-state index in [1.54, 1.807) is 30.3 Å². The summed E-state index contributed by atoms with van der Waals surface area (Å²) in [6.45, 7) is 1.36. The van der Waals surface area contributed by atoms with E-state index in [0.29, 0.717) is 5.69 Å². The summed E-state index contributed by atoms with van der Waals surface area (Å²) in [6.07, 6.45) is -1.20. The van der Waals surface area contributed by atoms with Crippen LogP contribution in [0.5, 0.6) is 0 Å². The van der Waals surface area contributed by atoms with Crippen LogP contribution in [0.3, 0.4) is 0 Å². The van der Waals surface area contributed by atoms with Crippen molar-refractivity contribution in [1.82, 2.24) is 0 Å². The number of carbonyl (C=O) groups is 2. The molecule has 0 radical (unpaired) electrons. The van der Waals surface area contributed by atoms with Gasteiger partial charge in [-0.1, -0.05) is 30.3 Å². The van der Waals surface area contributed by atoms with Crippen molar-refractivity contribution >= 4 is 33.3 Å². The lowest BCUT2D eigenvalue weighted by atomic mass is 10.2. The van der Waals surface area contributed by atoms with Crippen LogP contribution in [0.1, 0.15) is 17.3 Å². The van der Waals surface area contributed by atoms with Crippen molar-refractivity contribution in [2.75, 3.05) is 16.7 Å². The largest absolute Gasteiger partial charge is 0.449 e. The Bertz CT molecular complexity index is 1230. The SMILES string of the molecule is CC(OC(=O)c1cccc(S(=O)(=O)N(C)c2ccccc2)c1)C(=O)Nc1cccc(F)c1. The number of esters is 1. The molecule has 166 valence electrons. The van der Waals surface area contributed by atoms with Crippen LogP contribution < -0.4 is 9.62 Å². The van der Waals surface area contributed by atoms with Gasteiger partial charge in [-0.15, -0.1) is 0 Å². The molecule has 3 rings (SSSR count). The van der Waals surface area contributed by atoms with Gasteiger partial charge in [0.1, 0.15) is 5.82 Å². The highest BCUT2D eigenvalue weighted by molar-refractivity contribution is 7.92.